The number of likely N-dealkylation sites (tertiary alicyclic amines) is 1. The summed E-state index contributed by atoms with van der Waals surface area (Å²) in [5.74, 6) is 0. The van der Waals surface area contributed by atoms with Crippen LogP contribution in [0.1, 0.15) is 46.5 Å². The first kappa shape index (κ1) is 11.4. The summed E-state index contributed by atoms with van der Waals surface area (Å²) < 4.78 is 0. The number of hydrogen-bond donors (Lipinski definition) is 1. The lowest BCUT2D eigenvalue weighted by Gasteiger charge is -2.37. The van der Waals surface area contributed by atoms with Gasteiger partial charge in [0.1, 0.15) is 0 Å². The van der Waals surface area contributed by atoms with Gasteiger partial charge in [-0.15, -0.1) is 0 Å². The molecule has 2 heteroatoms. The summed E-state index contributed by atoms with van der Waals surface area (Å²) in [6, 6.07) is 2.21. The van der Waals surface area contributed by atoms with Crippen LogP contribution in [-0.2, 0) is 0 Å². The Kier molecular flexibility index (Phi) is 3.09. The monoisotopic (exact) mass is 210 g/mol. The van der Waals surface area contributed by atoms with Gasteiger partial charge in [-0.1, -0.05) is 6.92 Å². The minimum Gasteiger partial charge on any atom is -0.311 e. The van der Waals surface area contributed by atoms with Crippen molar-refractivity contribution >= 4 is 0 Å². The van der Waals surface area contributed by atoms with E-state index in [0.717, 1.165) is 12.1 Å². The predicted molar refractivity (Wildman–Crippen MR) is 65.1 cm³/mol. The highest BCUT2D eigenvalue weighted by Gasteiger charge is 2.43. The number of hydrogen-bond acceptors (Lipinski definition) is 2. The maximum absolute atomic E-state index is 3.85. The zero-order chi connectivity index (χ0) is 11.1. The molecule has 0 aromatic rings. The van der Waals surface area contributed by atoms with Gasteiger partial charge in [-0.3, -0.25) is 0 Å². The van der Waals surface area contributed by atoms with Gasteiger partial charge in [0.05, 0.1) is 0 Å². The van der Waals surface area contributed by atoms with Gasteiger partial charge < -0.3 is 10.2 Å². The average Bonchev–Trinajstić information content (AvgIpc) is 2.92. The van der Waals surface area contributed by atoms with Crippen molar-refractivity contribution in [3.8, 4) is 0 Å². The van der Waals surface area contributed by atoms with Crippen LogP contribution in [0.25, 0.3) is 0 Å². The number of rotatable bonds is 3. The highest BCUT2D eigenvalue weighted by atomic mass is 15.1. The molecular formula is C13H26N2. The number of nitrogens with one attached hydrogen (secondary N) is 1. The summed E-state index contributed by atoms with van der Waals surface area (Å²) in [6.07, 6.45) is 5.48. The number of piperidine rings is 1. The van der Waals surface area contributed by atoms with Crippen LogP contribution in [0.4, 0.5) is 0 Å². The SMILES string of the molecule is CC1CC(NC(C)C2(C)CC2)CCN1C. The van der Waals surface area contributed by atoms with E-state index in [1.165, 1.54) is 32.2 Å². The van der Waals surface area contributed by atoms with Crippen molar-refractivity contribution in [2.45, 2.75) is 64.6 Å². The normalized spacial score (nSPS) is 37.6. The predicted octanol–water partition coefficient (Wildman–Crippen LogP) is 2.25. The van der Waals surface area contributed by atoms with Crippen LogP contribution in [0, 0.1) is 5.41 Å². The molecule has 0 radical (unpaired) electrons. The van der Waals surface area contributed by atoms with Crippen molar-refractivity contribution in [1.82, 2.24) is 10.2 Å². The van der Waals surface area contributed by atoms with E-state index in [9.17, 15) is 0 Å². The smallest absolute Gasteiger partial charge is 0.00967 e. The zero-order valence-electron chi connectivity index (χ0n) is 10.7. The highest BCUT2D eigenvalue weighted by Crippen LogP contribution is 2.48. The Morgan fingerprint density at radius 1 is 1.40 bits per heavy atom. The van der Waals surface area contributed by atoms with Gasteiger partial charge in [0.15, 0.2) is 0 Å². The molecule has 2 aliphatic rings. The molecule has 2 fully saturated rings. The van der Waals surface area contributed by atoms with Crippen molar-refractivity contribution in [3.05, 3.63) is 0 Å². The van der Waals surface area contributed by atoms with Gasteiger partial charge in [0.25, 0.3) is 0 Å². The minimum atomic E-state index is 0.618. The van der Waals surface area contributed by atoms with Crippen LogP contribution in [0.2, 0.25) is 0 Å². The quantitative estimate of drug-likeness (QED) is 0.768. The molecule has 0 bridgehead atoms. The van der Waals surface area contributed by atoms with Crippen molar-refractivity contribution < 1.29 is 0 Å². The first-order valence-electron chi connectivity index (χ1n) is 6.47. The van der Waals surface area contributed by atoms with Gasteiger partial charge in [-0.2, -0.15) is 0 Å². The molecule has 1 saturated heterocycles. The van der Waals surface area contributed by atoms with Crippen molar-refractivity contribution in [2.75, 3.05) is 13.6 Å². The second kappa shape index (κ2) is 4.06. The average molecular weight is 210 g/mol. The Morgan fingerprint density at radius 2 is 2.07 bits per heavy atom. The molecule has 0 aromatic carbocycles. The van der Waals surface area contributed by atoms with E-state index in [-0.39, 0.29) is 0 Å². The molecule has 88 valence electrons. The summed E-state index contributed by atoms with van der Waals surface area (Å²) in [4.78, 5) is 2.47. The maximum atomic E-state index is 3.85. The highest BCUT2D eigenvalue weighted by molar-refractivity contribution is 4.98. The van der Waals surface area contributed by atoms with Gasteiger partial charge in [0.2, 0.25) is 0 Å². The molecule has 2 rings (SSSR count). The van der Waals surface area contributed by atoms with E-state index in [1.54, 1.807) is 0 Å². The number of nitrogens with zero attached hydrogens (tertiary/aromatic N) is 1. The van der Waals surface area contributed by atoms with E-state index in [1.807, 2.05) is 0 Å². The van der Waals surface area contributed by atoms with Crippen LogP contribution in [0.15, 0.2) is 0 Å². The molecule has 1 saturated carbocycles. The molecular weight excluding hydrogens is 184 g/mol. The van der Waals surface area contributed by atoms with Crippen LogP contribution < -0.4 is 5.32 Å². The Labute approximate surface area is 94.4 Å². The van der Waals surface area contributed by atoms with Crippen molar-refractivity contribution in [1.29, 1.82) is 0 Å². The standard InChI is InChI=1S/C13H26N2/c1-10-9-12(5-8-15(10)4)14-11(2)13(3)6-7-13/h10-12,14H,5-9H2,1-4H3. The zero-order valence-corrected chi connectivity index (χ0v) is 10.7. The molecule has 0 aromatic heterocycles. The fourth-order valence-electron chi connectivity index (χ4n) is 2.63. The van der Waals surface area contributed by atoms with Crippen LogP contribution in [0.3, 0.4) is 0 Å². The Hall–Kier alpha value is -0.0800. The van der Waals surface area contributed by atoms with Gasteiger partial charge in [0, 0.05) is 18.1 Å². The van der Waals surface area contributed by atoms with Crippen molar-refractivity contribution in [3.63, 3.8) is 0 Å². The topological polar surface area (TPSA) is 15.3 Å². The molecule has 3 unspecified atom stereocenters. The first-order chi connectivity index (χ1) is 7.01. The van der Waals surface area contributed by atoms with Crippen LogP contribution in [-0.4, -0.2) is 36.6 Å². The lowest BCUT2D eigenvalue weighted by molar-refractivity contribution is 0.156. The molecule has 1 aliphatic heterocycles. The molecule has 0 spiro atoms. The van der Waals surface area contributed by atoms with E-state index in [2.05, 4.69) is 38.0 Å². The second-order valence-electron chi connectivity index (χ2n) is 6.09. The third-order valence-corrected chi connectivity index (χ3v) is 4.78. The first-order valence-corrected chi connectivity index (χ1v) is 6.47. The summed E-state index contributed by atoms with van der Waals surface area (Å²) in [5, 5.41) is 3.85. The molecule has 1 heterocycles. The third kappa shape index (κ3) is 2.54. The summed E-state index contributed by atoms with van der Waals surface area (Å²) in [5.41, 5.74) is 0.618. The largest absolute Gasteiger partial charge is 0.311 e. The second-order valence-corrected chi connectivity index (χ2v) is 6.09. The van der Waals surface area contributed by atoms with Crippen molar-refractivity contribution in [2.24, 2.45) is 5.41 Å². The summed E-state index contributed by atoms with van der Waals surface area (Å²) in [6.45, 7) is 8.39. The van der Waals surface area contributed by atoms with Crippen LogP contribution >= 0.6 is 0 Å². The van der Waals surface area contributed by atoms with Gasteiger partial charge in [-0.05, 0) is 58.5 Å². The molecule has 15 heavy (non-hydrogen) atoms. The van der Waals surface area contributed by atoms with E-state index >= 15 is 0 Å². The van der Waals surface area contributed by atoms with E-state index in [0.29, 0.717) is 11.5 Å². The van der Waals surface area contributed by atoms with Gasteiger partial charge >= 0.3 is 0 Å². The Bertz CT molecular complexity index is 223. The molecule has 1 aliphatic carbocycles. The molecule has 0 amide bonds. The lowest BCUT2D eigenvalue weighted by Crippen LogP contribution is -2.49. The maximum Gasteiger partial charge on any atom is 0.00967 e. The Balaban J connectivity index is 1.80. The fourth-order valence-corrected chi connectivity index (χ4v) is 2.63. The van der Waals surface area contributed by atoms with E-state index < -0.39 is 0 Å². The summed E-state index contributed by atoms with van der Waals surface area (Å²) >= 11 is 0. The molecule has 1 N–H and O–H groups in total. The fraction of sp³-hybridized carbons (Fsp3) is 1.00. The third-order valence-electron chi connectivity index (χ3n) is 4.78. The van der Waals surface area contributed by atoms with E-state index in [4.69, 9.17) is 0 Å². The minimum absolute atomic E-state index is 0.618. The molecule has 2 nitrogen and oxygen atoms in total. The lowest BCUT2D eigenvalue weighted by atomic mass is 9.94. The Morgan fingerprint density at radius 3 is 2.60 bits per heavy atom. The molecule has 3 atom stereocenters. The summed E-state index contributed by atoms with van der Waals surface area (Å²) in [7, 11) is 2.24. The van der Waals surface area contributed by atoms with Gasteiger partial charge in [-0.25, -0.2) is 0 Å². The van der Waals surface area contributed by atoms with Crippen LogP contribution in [0.5, 0.6) is 0 Å².